The summed E-state index contributed by atoms with van der Waals surface area (Å²) in [6.07, 6.45) is 1.43. The van der Waals surface area contributed by atoms with Crippen molar-refractivity contribution in [2.24, 2.45) is 0 Å². The molecular weight excluding hydrogens is 359 g/mol. The number of anilines is 1. The molecule has 0 spiro atoms. The van der Waals surface area contributed by atoms with Crippen LogP contribution in [0.25, 0.3) is 22.8 Å². The molecule has 0 atom stereocenters. The number of nitrogens with zero attached hydrogens (tertiary/aromatic N) is 1. The van der Waals surface area contributed by atoms with Crippen molar-refractivity contribution < 1.29 is 18.0 Å². The summed E-state index contributed by atoms with van der Waals surface area (Å²) in [5.41, 5.74) is 1.56. The van der Waals surface area contributed by atoms with Crippen LogP contribution in [0.15, 0.2) is 81.8 Å². The highest BCUT2D eigenvalue weighted by Gasteiger charge is 2.15. The summed E-state index contributed by atoms with van der Waals surface area (Å²) in [6, 6.07) is 19.8. The Morgan fingerprint density at radius 3 is 2.64 bits per heavy atom. The SMILES string of the molecule is N#Cc1ccoc1-c1ccc(-c2cccc(NC(=O)c3ccccc3F)c2)o1. The average molecular weight is 372 g/mol. The molecule has 28 heavy (non-hydrogen) atoms. The molecule has 2 aromatic carbocycles. The minimum absolute atomic E-state index is 0.0324. The molecule has 0 aliphatic heterocycles. The van der Waals surface area contributed by atoms with Crippen molar-refractivity contribution >= 4 is 11.6 Å². The third-order valence-electron chi connectivity index (χ3n) is 4.14. The van der Waals surface area contributed by atoms with Crippen LogP contribution >= 0.6 is 0 Å². The Labute approximate surface area is 159 Å². The second-order valence-electron chi connectivity index (χ2n) is 5.95. The highest BCUT2D eigenvalue weighted by atomic mass is 19.1. The monoisotopic (exact) mass is 372 g/mol. The van der Waals surface area contributed by atoms with Crippen molar-refractivity contribution in [1.29, 1.82) is 5.26 Å². The fourth-order valence-electron chi connectivity index (χ4n) is 2.80. The lowest BCUT2D eigenvalue weighted by atomic mass is 10.1. The number of nitrogens with one attached hydrogen (secondary N) is 1. The van der Waals surface area contributed by atoms with E-state index < -0.39 is 11.7 Å². The van der Waals surface area contributed by atoms with E-state index in [0.717, 1.165) is 0 Å². The first kappa shape index (κ1) is 17.3. The average Bonchev–Trinajstić information content (AvgIpc) is 3.37. The molecular formula is C22H13FN2O3. The van der Waals surface area contributed by atoms with Gasteiger partial charge in [-0.2, -0.15) is 5.26 Å². The largest absolute Gasteiger partial charge is 0.460 e. The summed E-state index contributed by atoms with van der Waals surface area (Å²) in [6.45, 7) is 0. The quantitative estimate of drug-likeness (QED) is 0.515. The topological polar surface area (TPSA) is 79.2 Å². The predicted octanol–water partition coefficient (Wildman–Crippen LogP) is 5.47. The fourth-order valence-corrected chi connectivity index (χ4v) is 2.80. The standard InChI is InChI=1S/C22H13FN2O3/c23-18-7-2-1-6-17(18)22(26)25-16-5-3-4-14(12-16)19-8-9-20(28-19)21-15(13-24)10-11-27-21/h1-12H,(H,25,26). The molecule has 0 bridgehead atoms. The molecule has 0 saturated carbocycles. The summed E-state index contributed by atoms with van der Waals surface area (Å²) in [5.74, 6) is 0.204. The van der Waals surface area contributed by atoms with Gasteiger partial charge < -0.3 is 14.2 Å². The van der Waals surface area contributed by atoms with E-state index in [4.69, 9.17) is 14.1 Å². The summed E-state index contributed by atoms with van der Waals surface area (Å²) in [7, 11) is 0. The minimum atomic E-state index is -0.585. The zero-order valence-electron chi connectivity index (χ0n) is 14.5. The lowest BCUT2D eigenvalue weighted by molar-refractivity contribution is 0.102. The number of furan rings is 2. The van der Waals surface area contributed by atoms with Crippen molar-refractivity contribution in [3.63, 3.8) is 0 Å². The molecule has 0 aliphatic carbocycles. The second-order valence-corrected chi connectivity index (χ2v) is 5.95. The number of nitriles is 1. The Morgan fingerprint density at radius 1 is 1.00 bits per heavy atom. The van der Waals surface area contributed by atoms with E-state index >= 15 is 0 Å². The van der Waals surface area contributed by atoms with Crippen LogP contribution in [-0.4, -0.2) is 5.91 Å². The molecule has 0 aliphatic rings. The number of rotatable bonds is 4. The Hall–Kier alpha value is -4.11. The van der Waals surface area contributed by atoms with E-state index in [0.29, 0.717) is 34.1 Å². The molecule has 0 saturated heterocycles. The number of benzene rings is 2. The minimum Gasteiger partial charge on any atom is -0.460 e. The van der Waals surface area contributed by atoms with Gasteiger partial charge in [-0.15, -0.1) is 0 Å². The van der Waals surface area contributed by atoms with Crippen LogP contribution in [0.1, 0.15) is 15.9 Å². The fraction of sp³-hybridized carbons (Fsp3) is 0. The van der Waals surface area contributed by atoms with Crippen LogP contribution in [0.3, 0.4) is 0 Å². The molecule has 2 heterocycles. The molecule has 2 aromatic heterocycles. The smallest absolute Gasteiger partial charge is 0.258 e. The van der Waals surface area contributed by atoms with Crippen molar-refractivity contribution in [3.8, 4) is 28.9 Å². The number of carbonyl (C=O) groups is 1. The third kappa shape index (κ3) is 3.29. The van der Waals surface area contributed by atoms with Gasteiger partial charge in [0.25, 0.3) is 5.91 Å². The molecule has 0 unspecified atom stereocenters. The maximum Gasteiger partial charge on any atom is 0.258 e. The van der Waals surface area contributed by atoms with Crippen molar-refractivity contribution in [3.05, 3.63) is 89.9 Å². The van der Waals surface area contributed by atoms with Gasteiger partial charge in [0.05, 0.1) is 11.8 Å². The van der Waals surface area contributed by atoms with Gasteiger partial charge in [-0.1, -0.05) is 24.3 Å². The molecule has 4 rings (SSSR count). The summed E-state index contributed by atoms with van der Waals surface area (Å²) in [4.78, 5) is 12.3. The lowest BCUT2D eigenvalue weighted by Crippen LogP contribution is -2.13. The molecule has 1 amide bonds. The number of carbonyl (C=O) groups excluding carboxylic acids is 1. The second kappa shape index (κ2) is 7.25. The van der Waals surface area contributed by atoms with Gasteiger partial charge in [0, 0.05) is 11.3 Å². The first-order valence-electron chi connectivity index (χ1n) is 8.40. The Bertz CT molecular complexity index is 1200. The van der Waals surface area contributed by atoms with E-state index in [9.17, 15) is 9.18 Å². The van der Waals surface area contributed by atoms with Crippen LogP contribution in [0.5, 0.6) is 0 Å². The van der Waals surface area contributed by atoms with Crippen LogP contribution in [0.2, 0.25) is 0 Å². The van der Waals surface area contributed by atoms with Gasteiger partial charge >= 0.3 is 0 Å². The Morgan fingerprint density at radius 2 is 1.82 bits per heavy atom. The van der Waals surface area contributed by atoms with Gasteiger partial charge in [-0.05, 0) is 42.5 Å². The molecule has 136 valence electrons. The van der Waals surface area contributed by atoms with Gasteiger partial charge in [0.15, 0.2) is 11.5 Å². The molecule has 0 fully saturated rings. The maximum absolute atomic E-state index is 13.8. The third-order valence-corrected chi connectivity index (χ3v) is 4.14. The summed E-state index contributed by atoms with van der Waals surface area (Å²) < 4.78 is 24.9. The zero-order valence-corrected chi connectivity index (χ0v) is 14.5. The van der Waals surface area contributed by atoms with Crippen LogP contribution in [0, 0.1) is 17.1 Å². The zero-order chi connectivity index (χ0) is 19.5. The van der Waals surface area contributed by atoms with Gasteiger partial charge in [-0.25, -0.2) is 4.39 Å². The van der Waals surface area contributed by atoms with E-state index in [2.05, 4.69) is 5.32 Å². The summed E-state index contributed by atoms with van der Waals surface area (Å²) in [5, 5.41) is 11.8. The van der Waals surface area contributed by atoms with Gasteiger partial charge in [0.1, 0.15) is 23.2 Å². The van der Waals surface area contributed by atoms with E-state index in [1.165, 1.54) is 24.5 Å². The first-order valence-corrected chi connectivity index (χ1v) is 8.40. The van der Waals surface area contributed by atoms with Crippen molar-refractivity contribution in [2.75, 3.05) is 5.32 Å². The number of hydrogen-bond donors (Lipinski definition) is 1. The lowest BCUT2D eigenvalue weighted by Gasteiger charge is -2.07. The van der Waals surface area contributed by atoms with Gasteiger partial charge in [0.2, 0.25) is 0 Å². The van der Waals surface area contributed by atoms with Crippen molar-refractivity contribution in [1.82, 2.24) is 0 Å². The number of hydrogen-bond acceptors (Lipinski definition) is 4. The van der Waals surface area contributed by atoms with E-state index in [1.54, 1.807) is 42.5 Å². The number of halogens is 1. The van der Waals surface area contributed by atoms with E-state index in [-0.39, 0.29) is 5.56 Å². The molecule has 5 nitrogen and oxygen atoms in total. The first-order chi connectivity index (χ1) is 13.7. The summed E-state index contributed by atoms with van der Waals surface area (Å²) >= 11 is 0. The maximum atomic E-state index is 13.8. The van der Waals surface area contributed by atoms with Crippen molar-refractivity contribution in [2.45, 2.75) is 0 Å². The molecule has 6 heteroatoms. The van der Waals surface area contributed by atoms with Gasteiger partial charge in [-0.3, -0.25) is 4.79 Å². The normalized spacial score (nSPS) is 10.4. The Kier molecular flexibility index (Phi) is 4.48. The Balaban J connectivity index is 1.59. The highest BCUT2D eigenvalue weighted by molar-refractivity contribution is 6.04. The predicted molar refractivity (Wildman–Crippen MR) is 101 cm³/mol. The van der Waals surface area contributed by atoms with E-state index in [1.807, 2.05) is 12.1 Å². The van der Waals surface area contributed by atoms with Crippen LogP contribution in [-0.2, 0) is 0 Å². The molecule has 4 aromatic rings. The van der Waals surface area contributed by atoms with Crippen LogP contribution < -0.4 is 5.32 Å². The highest BCUT2D eigenvalue weighted by Crippen LogP contribution is 2.31. The van der Waals surface area contributed by atoms with Crippen LogP contribution in [0.4, 0.5) is 10.1 Å². The molecule has 1 N–H and O–H groups in total. The molecule has 0 radical (unpaired) electrons. The number of amides is 1.